The van der Waals surface area contributed by atoms with Crippen LogP contribution in [0.5, 0.6) is 0 Å². The van der Waals surface area contributed by atoms with Crippen LogP contribution in [0.4, 0.5) is 0 Å². The summed E-state index contributed by atoms with van der Waals surface area (Å²) >= 11 is 0. The summed E-state index contributed by atoms with van der Waals surface area (Å²) in [6, 6.07) is 14.7. The number of nitrogens with one attached hydrogen (secondary N) is 1. The lowest BCUT2D eigenvalue weighted by Gasteiger charge is -2.15. The van der Waals surface area contributed by atoms with Crippen LogP contribution in [0.3, 0.4) is 0 Å². The van der Waals surface area contributed by atoms with Crippen LogP contribution < -0.4 is 5.56 Å². The van der Waals surface area contributed by atoms with Crippen molar-refractivity contribution in [1.82, 2.24) is 25.0 Å². The van der Waals surface area contributed by atoms with E-state index in [1.54, 1.807) is 23.2 Å². The molecule has 1 aliphatic heterocycles. The van der Waals surface area contributed by atoms with E-state index in [4.69, 9.17) is 4.52 Å². The van der Waals surface area contributed by atoms with E-state index in [2.05, 4.69) is 20.1 Å². The molecular weight excluding hydrogens is 370 g/mol. The fraction of sp³-hybridized carbons (Fsp3) is 0.190. The van der Waals surface area contributed by atoms with Crippen LogP contribution in [0.25, 0.3) is 22.5 Å². The number of carbonyl (C=O) groups is 1. The van der Waals surface area contributed by atoms with Crippen LogP contribution in [-0.4, -0.2) is 44.0 Å². The molecular formula is C21H17N5O3. The lowest BCUT2D eigenvalue weighted by Crippen LogP contribution is -2.33. The van der Waals surface area contributed by atoms with E-state index < -0.39 is 5.56 Å². The minimum absolute atomic E-state index is 0.0265. The number of likely N-dealkylation sites (tertiary alicyclic amines) is 1. The zero-order valence-corrected chi connectivity index (χ0v) is 15.4. The molecule has 144 valence electrons. The number of H-pyrrole nitrogens is 1. The lowest BCUT2D eigenvalue weighted by molar-refractivity contribution is 0.0789. The molecule has 3 aromatic heterocycles. The number of hydrogen-bond acceptors (Lipinski definition) is 6. The summed E-state index contributed by atoms with van der Waals surface area (Å²) in [4.78, 5) is 38.2. The van der Waals surface area contributed by atoms with Gasteiger partial charge in [-0.2, -0.15) is 4.98 Å². The number of pyridine rings is 2. The number of benzene rings is 1. The molecule has 4 heterocycles. The minimum Gasteiger partial charge on any atom is -0.338 e. The van der Waals surface area contributed by atoms with E-state index in [1.165, 1.54) is 0 Å². The summed E-state index contributed by atoms with van der Waals surface area (Å²) in [5, 5.41) is 4.82. The van der Waals surface area contributed by atoms with Crippen molar-refractivity contribution in [2.75, 3.05) is 13.1 Å². The maximum Gasteiger partial charge on any atom is 0.262 e. The smallest absolute Gasteiger partial charge is 0.262 e. The molecule has 4 aromatic rings. The highest BCUT2D eigenvalue weighted by atomic mass is 16.5. The minimum atomic E-state index is -0.435. The van der Waals surface area contributed by atoms with Crippen molar-refractivity contribution in [2.24, 2.45) is 0 Å². The standard InChI is InChI=1S/C21H17N5O3/c27-19-16(11-14-7-4-9-22-17(14)23-19)21(28)26-10-8-15(12-26)18-24-20(29-25-18)13-5-2-1-3-6-13/h1-7,9,11,15H,8,10,12H2,(H,22,23,27)/t15-/m0/s1. The molecule has 0 bridgehead atoms. The summed E-state index contributed by atoms with van der Waals surface area (Å²) in [6.07, 6.45) is 2.31. The Hall–Kier alpha value is -3.81. The Labute approximate surface area is 165 Å². The van der Waals surface area contributed by atoms with Crippen molar-refractivity contribution in [3.63, 3.8) is 0 Å². The molecule has 1 aliphatic rings. The van der Waals surface area contributed by atoms with Gasteiger partial charge in [0.25, 0.3) is 17.4 Å². The second-order valence-corrected chi connectivity index (χ2v) is 7.01. The van der Waals surface area contributed by atoms with Gasteiger partial charge in [0.2, 0.25) is 0 Å². The van der Waals surface area contributed by atoms with E-state index in [-0.39, 0.29) is 17.4 Å². The predicted octanol–water partition coefficient (Wildman–Crippen LogP) is 2.60. The second-order valence-electron chi connectivity index (χ2n) is 7.01. The molecule has 1 N–H and O–H groups in total. The maximum absolute atomic E-state index is 12.9. The van der Waals surface area contributed by atoms with Gasteiger partial charge in [0.15, 0.2) is 5.82 Å². The molecule has 0 radical (unpaired) electrons. The average Bonchev–Trinajstić information content (AvgIpc) is 3.43. The first-order chi connectivity index (χ1) is 14.2. The number of carbonyl (C=O) groups excluding carboxylic acids is 1. The Bertz CT molecular complexity index is 1250. The molecule has 1 amide bonds. The summed E-state index contributed by atoms with van der Waals surface area (Å²) in [6.45, 7) is 0.973. The first-order valence-corrected chi connectivity index (χ1v) is 9.35. The molecule has 0 saturated carbocycles. The highest BCUT2D eigenvalue weighted by Gasteiger charge is 2.32. The molecule has 0 spiro atoms. The highest BCUT2D eigenvalue weighted by Crippen LogP contribution is 2.28. The van der Waals surface area contributed by atoms with E-state index in [1.807, 2.05) is 36.4 Å². The molecule has 29 heavy (non-hydrogen) atoms. The molecule has 8 nitrogen and oxygen atoms in total. The van der Waals surface area contributed by atoms with Gasteiger partial charge in [-0.1, -0.05) is 23.4 Å². The first-order valence-electron chi connectivity index (χ1n) is 9.35. The van der Waals surface area contributed by atoms with Crippen molar-refractivity contribution >= 4 is 16.9 Å². The van der Waals surface area contributed by atoms with Crippen LogP contribution in [0.15, 0.2) is 64.0 Å². The molecule has 1 atom stereocenters. The van der Waals surface area contributed by atoms with Crippen molar-refractivity contribution in [3.05, 3.63) is 76.5 Å². The Morgan fingerprint density at radius 2 is 2.03 bits per heavy atom. The maximum atomic E-state index is 12.9. The second kappa shape index (κ2) is 6.97. The third-order valence-corrected chi connectivity index (χ3v) is 5.15. The van der Waals surface area contributed by atoms with E-state index in [0.717, 1.165) is 10.9 Å². The number of nitrogens with zero attached hydrogens (tertiary/aromatic N) is 4. The van der Waals surface area contributed by atoms with E-state index >= 15 is 0 Å². The number of amides is 1. The van der Waals surface area contributed by atoms with Crippen molar-refractivity contribution in [3.8, 4) is 11.5 Å². The fourth-order valence-corrected chi connectivity index (χ4v) is 3.62. The van der Waals surface area contributed by atoms with Gasteiger partial charge in [0, 0.05) is 36.2 Å². The average molecular weight is 387 g/mol. The number of aromatic amines is 1. The fourth-order valence-electron chi connectivity index (χ4n) is 3.62. The number of rotatable bonds is 3. The van der Waals surface area contributed by atoms with Gasteiger partial charge in [-0.25, -0.2) is 4.98 Å². The number of aromatic nitrogens is 4. The predicted molar refractivity (Wildman–Crippen MR) is 105 cm³/mol. The van der Waals surface area contributed by atoms with Gasteiger partial charge in [0.05, 0.1) is 0 Å². The molecule has 1 saturated heterocycles. The zero-order chi connectivity index (χ0) is 19.8. The molecule has 5 rings (SSSR count). The van der Waals surface area contributed by atoms with Gasteiger partial charge in [-0.15, -0.1) is 0 Å². The summed E-state index contributed by atoms with van der Waals surface area (Å²) in [5.74, 6) is 0.715. The number of fused-ring (bicyclic) bond motifs is 1. The highest BCUT2D eigenvalue weighted by molar-refractivity contribution is 5.96. The van der Waals surface area contributed by atoms with Crippen LogP contribution >= 0.6 is 0 Å². The normalized spacial score (nSPS) is 16.4. The monoisotopic (exact) mass is 387 g/mol. The Morgan fingerprint density at radius 3 is 2.90 bits per heavy atom. The third kappa shape index (κ3) is 3.18. The van der Waals surface area contributed by atoms with Crippen molar-refractivity contribution in [1.29, 1.82) is 0 Å². The van der Waals surface area contributed by atoms with Gasteiger partial charge >= 0.3 is 0 Å². The van der Waals surface area contributed by atoms with Gasteiger partial charge in [-0.3, -0.25) is 9.59 Å². The molecule has 8 heteroatoms. The SMILES string of the molecule is O=C(c1cc2cccnc2[nH]c1=O)N1CC[C@H](c2noc(-c3ccccc3)n2)C1. The largest absolute Gasteiger partial charge is 0.338 e. The number of hydrogen-bond donors (Lipinski definition) is 1. The topological polar surface area (TPSA) is 105 Å². The third-order valence-electron chi connectivity index (χ3n) is 5.15. The summed E-state index contributed by atoms with van der Waals surface area (Å²) in [5.41, 5.74) is 1.00. The first kappa shape index (κ1) is 17.3. The van der Waals surface area contributed by atoms with E-state index in [9.17, 15) is 9.59 Å². The molecule has 1 fully saturated rings. The molecule has 1 aromatic carbocycles. The Morgan fingerprint density at radius 1 is 1.17 bits per heavy atom. The van der Waals surface area contributed by atoms with E-state index in [0.29, 0.717) is 36.9 Å². The zero-order valence-electron chi connectivity index (χ0n) is 15.4. The van der Waals surface area contributed by atoms with Crippen LogP contribution in [0, 0.1) is 0 Å². The van der Waals surface area contributed by atoms with Crippen LogP contribution in [0.2, 0.25) is 0 Å². The van der Waals surface area contributed by atoms with Crippen LogP contribution in [0.1, 0.15) is 28.5 Å². The molecule has 0 unspecified atom stereocenters. The van der Waals surface area contributed by atoms with Gasteiger partial charge < -0.3 is 14.4 Å². The Balaban J connectivity index is 1.36. The van der Waals surface area contributed by atoms with Crippen molar-refractivity contribution < 1.29 is 9.32 Å². The molecule has 0 aliphatic carbocycles. The van der Waals surface area contributed by atoms with Gasteiger partial charge in [-0.05, 0) is 36.8 Å². The lowest BCUT2D eigenvalue weighted by atomic mass is 10.1. The Kier molecular flexibility index (Phi) is 4.16. The van der Waals surface area contributed by atoms with Gasteiger partial charge in [0.1, 0.15) is 11.2 Å². The van der Waals surface area contributed by atoms with Crippen LogP contribution in [-0.2, 0) is 0 Å². The summed E-state index contributed by atoms with van der Waals surface area (Å²) in [7, 11) is 0. The quantitative estimate of drug-likeness (QED) is 0.579. The summed E-state index contributed by atoms with van der Waals surface area (Å²) < 4.78 is 5.38. The van der Waals surface area contributed by atoms with Crippen molar-refractivity contribution in [2.45, 2.75) is 12.3 Å².